The van der Waals surface area contributed by atoms with Crippen LogP contribution in [0.3, 0.4) is 0 Å². The number of nitrogens with zero attached hydrogens (tertiary/aromatic N) is 5. The van der Waals surface area contributed by atoms with Gasteiger partial charge in [0.15, 0.2) is 5.82 Å². The molecule has 8 nitrogen and oxygen atoms in total. The molecule has 0 aliphatic carbocycles. The molecule has 2 aromatic rings. The molecule has 4 rings (SSSR count). The number of piperazine rings is 1. The van der Waals surface area contributed by atoms with Gasteiger partial charge in [0.25, 0.3) is 0 Å². The summed E-state index contributed by atoms with van der Waals surface area (Å²) in [7, 11) is 0. The maximum atomic E-state index is 13.6. The van der Waals surface area contributed by atoms with Crippen LogP contribution in [-0.4, -0.2) is 77.0 Å². The number of carbonyl (C=O) groups excluding carboxylic acids is 2. The highest BCUT2D eigenvalue weighted by molar-refractivity contribution is 5.88. The largest absolute Gasteiger partial charge is 0.416 e. The summed E-state index contributed by atoms with van der Waals surface area (Å²) in [6.07, 6.45) is -3.30. The molecule has 1 aromatic carbocycles. The van der Waals surface area contributed by atoms with Crippen molar-refractivity contribution in [2.24, 2.45) is 0 Å². The zero-order chi connectivity index (χ0) is 25.2. The summed E-state index contributed by atoms with van der Waals surface area (Å²) in [6, 6.07) is 4.98. The first-order valence-corrected chi connectivity index (χ1v) is 11.5. The lowest BCUT2D eigenvalue weighted by atomic mass is 10.0. The average Bonchev–Trinajstić information content (AvgIpc) is 3.27. The smallest absolute Gasteiger partial charge is 0.371 e. The highest BCUT2D eigenvalue weighted by Gasteiger charge is 2.33. The third-order valence-electron chi connectivity index (χ3n) is 6.30. The normalized spacial score (nSPS) is 18.1. The molecule has 35 heavy (non-hydrogen) atoms. The van der Waals surface area contributed by atoms with E-state index in [-0.39, 0.29) is 17.8 Å². The van der Waals surface area contributed by atoms with Crippen LogP contribution < -0.4 is 10.2 Å². The molecule has 190 valence electrons. The van der Waals surface area contributed by atoms with Gasteiger partial charge in [0.1, 0.15) is 6.17 Å². The Morgan fingerprint density at radius 2 is 1.74 bits per heavy atom. The van der Waals surface area contributed by atoms with Crippen molar-refractivity contribution in [1.82, 2.24) is 19.6 Å². The van der Waals surface area contributed by atoms with Gasteiger partial charge in [-0.15, -0.1) is 5.10 Å². The van der Waals surface area contributed by atoms with Gasteiger partial charge in [0.2, 0.25) is 5.91 Å². The third kappa shape index (κ3) is 6.11. The van der Waals surface area contributed by atoms with Crippen molar-refractivity contribution in [3.63, 3.8) is 0 Å². The highest BCUT2D eigenvalue weighted by atomic mass is 19.4. The molecule has 0 bridgehead atoms. The Hall–Kier alpha value is -3.15. The number of alkyl halides is 4. The van der Waals surface area contributed by atoms with Crippen LogP contribution in [0.15, 0.2) is 30.5 Å². The number of halogens is 4. The molecule has 2 amide bonds. The van der Waals surface area contributed by atoms with Gasteiger partial charge in [-0.05, 0) is 30.5 Å². The molecule has 0 unspecified atom stereocenters. The predicted molar refractivity (Wildman–Crippen MR) is 122 cm³/mol. The van der Waals surface area contributed by atoms with Crippen molar-refractivity contribution < 1.29 is 27.2 Å². The predicted octanol–water partition coefficient (Wildman–Crippen LogP) is 3.58. The number of anilines is 2. The molecule has 2 saturated heterocycles. The van der Waals surface area contributed by atoms with Crippen molar-refractivity contribution >= 4 is 23.4 Å². The first kappa shape index (κ1) is 25.0. The second kappa shape index (κ2) is 10.2. The maximum Gasteiger partial charge on any atom is 0.416 e. The van der Waals surface area contributed by atoms with Crippen LogP contribution in [0.25, 0.3) is 0 Å². The van der Waals surface area contributed by atoms with Crippen LogP contribution in [0.1, 0.15) is 30.9 Å². The fourth-order valence-corrected chi connectivity index (χ4v) is 4.42. The minimum atomic E-state index is -4.45. The first-order valence-electron chi connectivity index (χ1n) is 11.5. The summed E-state index contributed by atoms with van der Waals surface area (Å²) in [6.45, 7) is 4.47. The maximum absolute atomic E-state index is 13.6. The van der Waals surface area contributed by atoms with E-state index in [1.807, 2.05) is 4.90 Å². The summed E-state index contributed by atoms with van der Waals surface area (Å²) in [5, 5.41) is 6.58. The monoisotopic (exact) mass is 496 g/mol. The van der Waals surface area contributed by atoms with Crippen molar-refractivity contribution in [3.8, 4) is 0 Å². The van der Waals surface area contributed by atoms with Crippen LogP contribution >= 0.6 is 0 Å². The Bertz CT molecular complexity index is 1060. The molecular weight excluding hydrogens is 468 g/mol. The van der Waals surface area contributed by atoms with Crippen LogP contribution in [0, 0.1) is 0 Å². The lowest BCUT2D eigenvalue weighted by Crippen LogP contribution is -2.49. The van der Waals surface area contributed by atoms with Crippen molar-refractivity contribution in [2.75, 3.05) is 49.5 Å². The summed E-state index contributed by atoms with van der Waals surface area (Å²) in [5.74, 6) is 0.00382. The van der Waals surface area contributed by atoms with E-state index in [4.69, 9.17) is 0 Å². The SMILES string of the molecule is CC(=O)Nc1ccn(C(=O)N2CCN(Cc3ccc(C(F)(F)F)cc3N3CCC(F)CC3)CC2)n1. The number of hydrogen-bond donors (Lipinski definition) is 1. The number of amides is 2. The second-order valence-corrected chi connectivity index (χ2v) is 8.88. The quantitative estimate of drug-likeness (QED) is 0.656. The first-order chi connectivity index (χ1) is 16.6. The van der Waals surface area contributed by atoms with E-state index in [2.05, 4.69) is 15.3 Å². The minimum Gasteiger partial charge on any atom is -0.371 e. The lowest BCUT2D eigenvalue weighted by Gasteiger charge is -2.36. The molecule has 12 heteroatoms. The van der Waals surface area contributed by atoms with Gasteiger partial charge < -0.3 is 15.1 Å². The number of carbonyl (C=O) groups is 2. The van der Waals surface area contributed by atoms with Crippen LogP contribution in [0.5, 0.6) is 0 Å². The van der Waals surface area contributed by atoms with Gasteiger partial charge in [0, 0.05) is 70.7 Å². The zero-order valence-corrected chi connectivity index (χ0v) is 19.4. The Balaban J connectivity index is 1.41. The topological polar surface area (TPSA) is 73.7 Å². The van der Waals surface area contributed by atoms with E-state index in [9.17, 15) is 27.2 Å². The van der Waals surface area contributed by atoms with E-state index in [0.717, 1.165) is 17.7 Å². The Labute approximate surface area is 200 Å². The molecule has 2 fully saturated rings. The number of aromatic nitrogens is 2. The van der Waals surface area contributed by atoms with E-state index >= 15 is 0 Å². The van der Waals surface area contributed by atoms with E-state index in [1.54, 1.807) is 4.90 Å². The third-order valence-corrected chi connectivity index (χ3v) is 6.30. The minimum absolute atomic E-state index is 0.284. The molecule has 0 spiro atoms. The van der Waals surface area contributed by atoms with E-state index in [0.29, 0.717) is 64.3 Å². The van der Waals surface area contributed by atoms with Crippen LogP contribution in [-0.2, 0) is 17.5 Å². The van der Waals surface area contributed by atoms with Gasteiger partial charge in [-0.1, -0.05) is 6.07 Å². The molecule has 2 aliphatic heterocycles. The van der Waals surface area contributed by atoms with Gasteiger partial charge in [-0.2, -0.15) is 17.9 Å². The summed E-state index contributed by atoms with van der Waals surface area (Å²) in [5.41, 5.74) is 0.529. The Morgan fingerprint density at radius 3 is 2.37 bits per heavy atom. The fraction of sp³-hybridized carbons (Fsp3) is 0.522. The molecule has 1 aromatic heterocycles. The van der Waals surface area contributed by atoms with Gasteiger partial charge in [-0.3, -0.25) is 9.69 Å². The fourth-order valence-electron chi connectivity index (χ4n) is 4.42. The second-order valence-electron chi connectivity index (χ2n) is 8.88. The zero-order valence-electron chi connectivity index (χ0n) is 19.4. The van der Waals surface area contributed by atoms with Crippen LogP contribution in [0.2, 0.25) is 0 Å². The number of piperidine rings is 1. The molecule has 1 N–H and O–H groups in total. The molecule has 0 saturated carbocycles. The molecule has 3 heterocycles. The van der Waals surface area contributed by atoms with E-state index < -0.39 is 17.9 Å². The average molecular weight is 497 g/mol. The molecule has 2 aliphatic rings. The highest BCUT2D eigenvalue weighted by Crippen LogP contribution is 2.35. The number of nitrogens with one attached hydrogen (secondary N) is 1. The molecule has 0 atom stereocenters. The Kier molecular flexibility index (Phi) is 7.29. The van der Waals surface area contributed by atoms with Crippen molar-refractivity contribution in [3.05, 3.63) is 41.6 Å². The van der Waals surface area contributed by atoms with E-state index in [1.165, 1.54) is 29.9 Å². The van der Waals surface area contributed by atoms with Gasteiger partial charge in [0.05, 0.1) is 5.56 Å². The number of rotatable bonds is 4. The number of hydrogen-bond acceptors (Lipinski definition) is 5. The number of benzene rings is 1. The van der Waals surface area contributed by atoms with Gasteiger partial charge >= 0.3 is 12.2 Å². The van der Waals surface area contributed by atoms with Gasteiger partial charge in [-0.25, -0.2) is 9.18 Å². The molecule has 0 radical (unpaired) electrons. The summed E-state index contributed by atoms with van der Waals surface area (Å²) in [4.78, 5) is 29.4. The lowest BCUT2D eigenvalue weighted by molar-refractivity contribution is -0.137. The summed E-state index contributed by atoms with van der Waals surface area (Å²) >= 11 is 0. The summed E-state index contributed by atoms with van der Waals surface area (Å²) < 4.78 is 54.9. The van der Waals surface area contributed by atoms with Crippen LogP contribution in [0.4, 0.5) is 33.9 Å². The standard InChI is InChI=1S/C23H28F4N6O2/c1-16(34)28-21-6-9-33(29-21)22(35)32-12-10-30(11-13-32)15-17-2-3-18(23(25,26)27)14-20(17)31-7-4-19(24)5-8-31/h2-3,6,9,14,19H,4-5,7-8,10-13,15H2,1H3,(H,28,29,34). The van der Waals surface area contributed by atoms with Crippen molar-refractivity contribution in [1.29, 1.82) is 0 Å². The van der Waals surface area contributed by atoms with Crippen molar-refractivity contribution in [2.45, 2.75) is 38.7 Å². The Morgan fingerprint density at radius 1 is 1.06 bits per heavy atom. The molecular formula is C23H28F4N6O2.